The predicted octanol–water partition coefficient (Wildman–Crippen LogP) is 7.33. The first-order chi connectivity index (χ1) is 21.6. The molecular formula is C37H48FN7O. The van der Waals surface area contributed by atoms with Crippen LogP contribution in [-0.2, 0) is 11.3 Å². The van der Waals surface area contributed by atoms with Gasteiger partial charge in [-0.05, 0) is 89.7 Å². The van der Waals surface area contributed by atoms with Gasteiger partial charge in [0.05, 0.1) is 41.3 Å². The third-order valence-electron chi connectivity index (χ3n) is 7.30. The molecule has 0 bridgehead atoms. The van der Waals surface area contributed by atoms with E-state index in [2.05, 4.69) is 51.0 Å². The Balaban J connectivity index is 0.00000736. The number of nitrogens with zero attached hydrogens (tertiary/aromatic N) is 4. The van der Waals surface area contributed by atoms with E-state index in [-0.39, 0.29) is 25.2 Å². The number of benzene rings is 2. The molecule has 1 heterocycles. The van der Waals surface area contributed by atoms with Crippen molar-refractivity contribution in [3.63, 3.8) is 0 Å². The lowest BCUT2D eigenvalue weighted by Crippen LogP contribution is -2.29. The molecule has 8 nitrogen and oxygen atoms in total. The average molecular weight is 626 g/mol. The fourth-order valence-electron chi connectivity index (χ4n) is 4.39. The summed E-state index contributed by atoms with van der Waals surface area (Å²) in [5.74, 6) is 0.0773. The summed E-state index contributed by atoms with van der Waals surface area (Å²) in [6.45, 7) is 9.93. The molecule has 244 valence electrons. The second kappa shape index (κ2) is 18.9. The second-order valence-corrected chi connectivity index (χ2v) is 11.3. The van der Waals surface area contributed by atoms with E-state index in [1.807, 2.05) is 52.0 Å². The van der Waals surface area contributed by atoms with E-state index >= 15 is 0 Å². The van der Waals surface area contributed by atoms with Crippen LogP contribution in [0.3, 0.4) is 0 Å². The van der Waals surface area contributed by atoms with Crippen LogP contribution in [-0.4, -0.2) is 48.0 Å². The lowest BCUT2D eigenvalue weighted by atomic mass is 10.0. The molecule has 0 aliphatic heterocycles. The van der Waals surface area contributed by atoms with E-state index < -0.39 is 0 Å². The molecule has 3 N–H and O–H groups in total. The monoisotopic (exact) mass is 625 g/mol. The molecule has 3 rings (SSSR count). The highest BCUT2D eigenvalue weighted by Gasteiger charge is 2.16. The van der Waals surface area contributed by atoms with Crippen LogP contribution in [0, 0.1) is 17.1 Å². The maximum Gasteiger partial charge on any atom is 0.253 e. The number of amides is 1. The Kier molecular flexibility index (Phi) is 15.3. The van der Waals surface area contributed by atoms with Gasteiger partial charge in [0.15, 0.2) is 0 Å². The van der Waals surface area contributed by atoms with E-state index in [0.717, 1.165) is 59.7 Å². The Morgan fingerprint density at radius 2 is 1.74 bits per heavy atom. The molecule has 3 aromatic rings. The summed E-state index contributed by atoms with van der Waals surface area (Å²) >= 11 is 0. The third kappa shape index (κ3) is 11.9. The van der Waals surface area contributed by atoms with Crippen LogP contribution in [0.15, 0.2) is 95.5 Å². The van der Waals surface area contributed by atoms with Crippen molar-refractivity contribution in [2.45, 2.75) is 60.5 Å². The van der Waals surface area contributed by atoms with Gasteiger partial charge in [-0.25, -0.2) is 9.37 Å². The maximum absolute atomic E-state index is 13.5. The molecule has 1 unspecified atom stereocenters. The van der Waals surface area contributed by atoms with Gasteiger partial charge in [0.1, 0.15) is 11.6 Å². The number of anilines is 1. The Morgan fingerprint density at radius 3 is 2.33 bits per heavy atom. The highest BCUT2D eigenvalue weighted by molar-refractivity contribution is 5.97. The molecule has 0 radical (unpaired) electrons. The first kappa shape index (κ1) is 37.4. The van der Waals surface area contributed by atoms with Crippen molar-refractivity contribution in [3.05, 3.63) is 112 Å². The Hall–Kier alpha value is -4.81. The minimum atomic E-state index is -0.365. The predicted molar refractivity (Wildman–Crippen MR) is 186 cm³/mol. The minimum absolute atomic E-state index is 0. The molecule has 0 aliphatic rings. The molecule has 0 saturated heterocycles. The molecule has 0 fully saturated rings. The van der Waals surface area contributed by atoms with Crippen LogP contribution in [0.2, 0.25) is 0 Å². The lowest BCUT2D eigenvalue weighted by molar-refractivity contribution is -0.117. The number of nitrogens with one attached hydrogen (secondary N) is 3. The van der Waals surface area contributed by atoms with Gasteiger partial charge >= 0.3 is 0 Å². The molecule has 9 heteroatoms. The molecule has 0 saturated carbocycles. The quantitative estimate of drug-likeness (QED) is 0.0703. The number of carbonyl (C=O) groups is 1. The van der Waals surface area contributed by atoms with Gasteiger partial charge in [0.25, 0.3) is 5.91 Å². The molecular weight excluding hydrogens is 577 g/mol. The first-order valence-corrected chi connectivity index (χ1v) is 15.2. The fourth-order valence-corrected chi connectivity index (χ4v) is 4.39. The zero-order valence-electron chi connectivity index (χ0n) is 27.1. The second-order valence-electron chi connectivity index (χ2n) is 11.3. The SMILES string of the molecule is C.CC/C(C)=C/C(C#N)=C\C(C(=O)NC(C)c1ccc(F)cc1)=C(/C)NCc1ccc(-c2cnc(NCCCN(C)C)cn2)cc1. The fraction of sp³-hybridized carbons (Fsp3) is 0.351. The number of nitriles is 1. The van der Waals surface area contributed by atoms with Crippen LogP contribution < -0.4 is 16.0 Å². The molecule has 0 spiro atoms. The van der Waals surface area contributed by atoms with Crippen LogP contribution in [0.5, 0.6) is 0 Å². The number of hydrogen-bond acceptors (Lipinski definition) is 7. The first-order valence-electron chi connectivity index (χ1n) is 15.2. The largest absolute Gasteiger partial charge is 0.384 e. The highest BCUT2D eigenvalue weighted by Crippen LogP contribution is 2.19. The molecule has 0 aliphatic carbocycles. The Labute approximate surface area is 274 Å². The summed E-state index contributed by atoms with van der Waals surface area (Å²) in [6.07, 6.45) is 8.73. The molecule has 1 atom stereocenters. The number of rotatable bonds is 15. The van der Waals surface area contributed by atoms with Gasteiger partial charge in [0.2, 0.25) is 0 Å². The van der Waals surface area contributed by atoms with Crippen molar-refractivity contribution in [2.24, 2.45) is 0 Å². The van der Waals surface area contributed by atoms with Crippen molar-refractivity contribution >= 4 is 11.7 Å². The van der Waals surface area contributed by atoms with Crippen molar-refractivity contribution < 1.29 is 9.18 Å². The number of carbonyl (C=O) groups excluding carboxylic acids is 1. The van der Waals surface area contributed by atoms with E-state index in [9.17, 15) is 14.4 Å². The number of aromatic nitrogens is 2. The smallest absolute Gasteiger partial charge is 0.253 e. The van der Waals surface area contributed by atoms with E-state index in [4.69, 9.17) is 0 Å². The van der Waals surface area contributed by atoms with Crippen molar-refractivity contribution in [1.29, 1.82) is 5.26 Å². The minimum Gasteiger partial charge on any atom is -0.384 e. The standard InChI is InChI=1S/C36H44FN7O.CH4/c1-7-25(2)19-29(21-38)20-33(36(45)43-26(3)30-13-15-32(37)16-14-30)27(4)40-22-28-9-11-31(12-10-28)34-23-42-35(24-41-34)39-17-8-18-44(5)6;/h9-16,19-20,23-24,26,40H,7-8,17-18,22H2,1-6H3,(H,39,42)(H,43,45);1H4/b25-19+,29-20+,33-27-;. The normalized spacial score (nSPS) is 12.8. The number of allylic oxidation sites excluding steroid dienone is 4. The Bertz CT molecular complexity index is 1530. The van der Waals surface area contributed by atoms with E-state index in [1.54, 1.807) is 36.7 Å². The van der Waals surface area contributed by atoms with E-state index in [1.165, 1.54) is 12.1 Å². The maximum atomic E-state index is 13.5. The number of hydrogen-bond donors (Lipinski definition) is 3. The summed E-state index contributed by atoms with van der Waals surface area (Å²) in [6, 6.07) is 15.9. The summed E-state index contributed by atoms with van der Waals surface area (Å²) in [7, 11) is 4.11. The molecule has 1 amide bonds. The van der Waals surface area contributed by atoms with Crippen LogP contribution >= 0.6 is 0 Å². The zero-order valence-corrected chi connectivity index (χ0v) is 27.1. The molecule has 1 aromatic heterocycles. The van der Waals surface area contributed by atoms with Crippen molar-refractivity contribution in [1.82, 2.24) is 25.5 Å². The topological polar surface area (TPSA) is 106 Å². The third-order valence-corrected chi connectivity index (χ3v) is 7.30. The van der Waals surface area contributed by atoms with Crippen LogP contribution in [0.1, 0.15) is 65.1 Å². The lowest BCUT2D eigenvalue weighted by Gasteiger charge is -2.17. The van der Waals surface area contributed by atoms with Gasteiger partial charge < -0.3 is 20.9 Å². The summed E-state index contributed by atoms with van der Waals surface area (Å²) in [5.41, 5.74) is 5.91. The zero-order chi connectivity index (χ0) is 32.8. The Morgan fingerprint density at radius 1 is 1.04 bits per heavy atom. The molecule has 2 aromatic carbocycles. The van der Waals surface area contributed by atoms with E-state index in [0.29, 0.717) is 23.4 Å². The van der Waals surface area contributed by atoms with Gasteiger partial charge in [-0.1, -0.05) is 56.3 Å². The highest BCUT2D eigenvalue weighted by atomic mass is 19.1. The van der Waals surface area contributed by atoms with Gasteiger partial charge in [0, 0.05) is 24.4 Å². The average Bonchev–Trinajstić information content (AvgIpc) is 3.04. The van der Waals surface area contributed by atoms with Crippen LogP contribution in [0.4, 0.5) is 10.2 Å². The number of halogens is 1. The van der Waals surface area contributed by atoms with Gasteiger partial charge in [-0.3, -0.25) is 9.78 Å². The van der Waals surface area contributed by atoms with Gasteiger partial charge in [-0.15, -0.1) is 0 Å². The van der Waals surface area contributed by atoms with Crippen LogP contribution in [0.25, 0.3) is 11.3 Å². The van der Waals surface area contributed by atoms with Gasteiger partial charge in [-0.2, -0.15) is 5.26 Å². The summed E-state index contributed by atoms with van der Waals surface area (Å²) in [4.78, 5) is 24.7. The summed E-state index contributed by atoms with van der Waals surface area (Å²) < 4.78 is 13.4. The molecule has 46 heavy (non-hydrogen) atoms. The van der Waals surface area contributed by atoms with Crippen molar-refractivity contribution in [2.75, 3.05) is 32.5 Å². The summed E-state index contributed by atoms with van der Waals surface area (Å²) in [5, 5.41) is 19.4. The van der Waals surface area contributed by atoms with Crippen molar-refractivity contribution in [3.8, 4) is 17.3 Å².